The summed E-state index contributed by atoms with van der Waals surface area (Å²) in [4.78, 5) is 13.0. The third-order valence-electron chi connectivity index (χ3n) is 3.60. The Hall–Kier alpha value is -1.58. The fourth-order valence-corrected chi connectivity index (χ4v) is 2.62. The molecule has 0 spiro atoms. The standard InChI is InChI=1S/C15H20FNO2/c16-13-6-7-14(12(11-13)5-8-15(18)19)17-9-3-1-2-4-10-17/h6-7,11H,1-5,8-10H2,(H,18,19). The molecule has 0 saturated carbocycles. The van der Waals surface area contributed by atoms with E-state index < -0.39 is 5.97 Å². The van der Waals surface area contributed by atoms with Crippen LogP contribution in [0.2, 0.25) is 0 Å². The van der Waals surface area contributed by atoms with E-state index in [1.807, 2.05) is 0 Å². The van der Waals surface area contributed by atoms with Gasteiger partial charge in [-0.15, -0.1) is 0 Å². The maximum absolute atomic E-state index is 13.4. The number of benzene rings is 1. The number of anilines is 1. The van der Waals surface area contributed by atoms with Gasteiger partial charge in [-0.25, -0.2) is 4.39 Å². The molecule has 1 aliphatic heterocycles. The average Bonchev–Trinajstić information content (AvgIpc) is 2.65. The van der Waals surface area contributed by atoms with Gasteiger partial charge in [0.2, 0.25) is 0 Å². The zero-order valence-corrected chi connectivity index (χ0v) is 11.1. The smallest absolute Gasteiger partial charge is 0.303 e. The zero-order valence-electron chi connectivity index (χ0n) is 11.1. The van der Waals surface area contributed by atoms with Gasteiger partial charge in [-0.05, 0) is 43.0 Å². The monoisotopic (exact) mass is 265 g/mol. The molecule has 0 amide bonds. The van der Waals surface area contributed by atoms with Gasteiger partial charge in [0, 0.05) is 25.2 Å². The number of aryl methyl sites for hydroxylation is 1. The molecule has 0 radical (unpaired) electrons. The van der Waals surface area contributed by atoms with Crippen LogP contribution >= 0.6 is 0 Å². The largest absolute Gasteiger partial charge is 0.481 e. The fraction of sp³-hybridized carbons (Fsp3) is 0.533. The summed E-state index contributed by atoms with van der Waals surface area (Å²) in [7, 11) is 0. The van der Waals surface area contributed by atoms with Gasteiger partial charge in [0.15, 0.2) is 0 Å². The molecule has 1 N–H and O–H groups in total. The van der Waals surface area contributed by atoms with Crippen molar-refractivity contribution < 1.29 is 14.3 Å². The third-order valence-corrected chi connectivity index (χ3v) is 3.60. The lowest BCUT2D eigenvalue weighted by Gasteiger charge is -2.25. The summed E-state index contributed by atoms with van der Waals surface area (Å²) in [6.45, 7) is 1.96. The van der Waals surface area contributed by atoms with Crippen molar-refractivity contribution in [3.63, 3.8) is 0 Å². The summed E-state index contributed by atoms with van der Waals surface area (Å²) in [6.07, 6.45) is 5.21. The van der Waals surface area contributed by atoms with Gasteiger partial charge in [0.25, 0.3) is 0 Å². The number of rotatable bonds is 4. The molecule has 0 bridgehead atoms. The first-order valence-electron chi connectivity index (χ1n) is 6.92. The van der Waals surface area contributed by atoms with Crippen molar-refractivity contribution in [3.8, 4) is 0 Å². The van der Waals surface area contributed by atoms with Crippen molar-refractivity contribution in [3.05, 3.63) is 29.6 Å². The molecular weight excluding hydrogens is 245 g/mol. The van der Waals surface area contributed by atoms with E-state index in [4.69, 9.17) is 5.11 Å². The van der Waals surface area contributed by atoms with E-state index in [1.54, 1.807) is 6.07 Å². The van der Waals surface area contributed by atoms with E-state index in [1.165, 1.54) is 25.0 Å². The molecule has 19 heavy (non-hydrogen) atoms. The van der Waals surface area contributed by atoms with E-state index in [0.29, 0.717) is 6.42 Å². The molecule has 3 nitrogen and oxygen atoms in total. The summed E-state index contributed by atoms with van der Waals surface area (Å²) in [5, 5.41) is 8.78. The van der Waals surface area contributed by atoms with Crippen LogP contribution in [-0.4, -0.2) is 24.2 Å². The molecule has 2 rings (SSSR count). The minimum Gasteiger partial charge on any atom is -0.481 e. The van der Waals surface area contributed by atoms with Crippen LogP contribution in [0.25, 0.3) is 0 Å². The second-order valence-electron chi connectivity index (χ2n) is 5.07. The minimum absolute atomic E-state index is 0.0459. The van der Waals surface area contributed by atoms with Crippen LogP contribution in [0.4, 0.5) is 10.1 Å². The molecule has 4 heteroatoms. The number of hydrogen-bond donors (Lipinski definition) is 1. The van der Waals surface area contributed by atoms with E-state index in [9.17, 15) is 9.18 Å². The minimum atomic E-state index is -0.842. The molecule has 1 aliphatic rings. The Morgan fingerprint density at radius 1 is 1.21 bits per heavy atom. The normalized spacial score (nSPS) is 16.2. The van der Waals surface area contributed by atoms with Gasteiger partial charge in [-0.2, -0.15) is 0 Å². The van der Waals surface area contributed by atoms with Crippen molar-refractivity contribution in [2.75, 3.05) is 18.0 Å². The number of aliphatic carboxylic acids is 1. The second kappa shape index (κ2) is 6.55. The molecule has 1 saturated heterocycles. The average molecular weight is 265 g/mol. The lowest BCUT2D eigenvalue weighted by Crippen LogP contribution is -2.25. The molecule has 0 atom stereocenters. The number of nitrogens with zero attached hydrogens (tertiary/aromatic N) is 1. The molecule has 104 valence electrons. The van der Waals surface area contributed by atoms with Crippen LogP contribution in [0, 0.1) is 5.82 Å². The Labute approximate surface area is 113 Å². The van der Waals surface area contributed by atoms with Crippen LogP contribution < -0.4 is 4.90 Å². The van der Waals surface area contributed by atoms with Gasteiger partial charge in [0.05, 0.1) is 0 Å². The highest BCUT2D eigenvalue weighted by molar-refractivity contribution is 5.68. The Morgan fingerprint density at radius 2 is 1.89 bits per heavy atom. The number of carbonyl (C=O) groups is 1. The number of halogens is 1. The maximum atomic E-state index is 13.4. The third kappa shape index (κ3) is 3.94. The Morgan fingerprint density at radius 3 is 2.53 bits per heavy atom. The van der Waals surface area contributed by atoms with E-state index in [0.717, 1.165) is 37.2 Å². The van der Waals surface area contributed by atoms with Crippen molar-refractivity contribution in [2.24, 2.45) is 0 Å². The summed E-state index contributed by atoms with van der Waals surface area (Å²) >= 11 is 0. The Kier molecular flexibility index (Phi) is 4.77. The van der Waals surface area contributed by atoms with E-state index in [2.05, 4.69) is 4.90 Å². The lowest BCUT2D eigenvalue weighted by molar-refractivity contribution is -0.136. The summed E-state index contributed by atoms with van der Waals surface area (Å²) < 4.78 is 13.4. The fourth-order valence-electron chi connectivity index (χ4n) is 2.62. The quantitative estimate of drug-likeness (QED) is 0.908. The van der Waals surface area contributed by atoms with Crippen molar-refractivity contribution in [1.82, 2.24) is 0 Å². The highest BCUT2D eigenvalue weighted by Crippen LogP contribution is 2.25. The van der Waals surface area contributed by atoms with E-state index in [-0.39, 0.29) is 12.2 Å². The Bertz CT molecular complexity index is 440. The highest BCUT2D eigenvalue weighted by Gasteiger charge is 2.14. The molecule has 1 aromatic carbocycles. The molecule has 0 unspecified atom stereocenters. The number of carboxylic acid groups (broad SMARTS) is 1. The lowest BCUT2D eigenvalue weighted by atomic mass is 10.1. The molecule has 1 fully saturated rings. The topological polar surface area (TPSA) is 40.5 Å². The molecule has 1 heterocycles. The van der Waals surface area contributed by atoms with Crippen molar-refractivity contribution in [1.29, 1.82) is 0 Å². The molecule has 0 aromatic heterocycles. The van der Waals surface area contributed by atoms with E-state index >= 15 is 0 Å². The number of carboxylic acids is 1. The van der Waals surface area contributed by atoms with Gasteiger partial charge >= 0.3 is 5.97 Å². The van der Waals surface area contributed by atoms with Crippen molar-refractivity contribution >= 4 is 11.7 Å². The second-order valence-corrected chi connectivity index (χ2v) is 5.07. The van der Waals surface area contributed by atoms with Crippen LogP contribution in [0.3, 0.4) is 0 Å². The predicted octanol–water partition coefficient (Wildman–Crippen LogP) is 3.22. The van der Waals surface area contributed by atoms with Crippen LogP contribution in [0.5, 0.6) is 0 Å². The van der Waals surface area contributed by atoms with Gasteiger partial charge in [-0.3, -0.25) is 4.79 Å². The molecule has 0 aliphatic carbocycles. The highest BCUT2D eigenvalue weighted by atomic mass is 19.1. The van der Waals surface area contributed by atoms with Gasteiger partial charge < -0.3 is 10.0 Å². The van der Waals surface area contributed by atoms with Gasteiger partial charge in [0.1, 0.15) is 5.82 Å². The van der Waals surface area contributed by atoms with Crippen LogP contribution in [0.1, 0.15) is 37.7 Å². The Balaban J connectivity index is 2.19. The zero-order chi connectivity index (χ0) is 13.7. The number of hydrogen-bond acceptors (Lipinski definition) is 2. The summed E-state index contributed by atoms with van der Waals surface area (Å²) in [6, 6.07) is 4.73. The SMILES string of the molecule is O=C(O)CCc1cc(F)ccc1N1CCCCCC1. The summed E-state index contributed by atoms with van der Waals surface area (Å²) in [5.74, 6) is -1.13. The first-order valence-corrected chi connectivity index (χ1v) is 6.92. The van der Waals surface area contributed by atoms with Crippen LogP contribution in [-0.2, 0) is 11.2 Å². The first kappa shape index (κ1) is 13.8. The molecular formula is C15H20FNO2. The maximum Gasteiger partial charge on any atom is 0.303 e. The predicted molar refractivity (Wildman–Crippen MR) is 73.0 cm³/mol. The first-order chi connectivity index (χ1) is 9.16. The van der Waals surface area contributed by atoms with Crippen LogP contribution in [0.15, 0.2) is 18.2 Å². The van der Waals surface area contributed by atoms with Crippen molar-refractivity contribution in [2.45, 2.75) is 38.5 Å². The summed E-state index contributed by atoms with van der Waals surface area (Å²) in [5.41, 5.74) is 1.81. The van der Waals surface area contributed by atoms with Gasteiger partial charge in [-0.1, -0.05) is 12.8 Å². The molecule has 1 aromatic rings.